The van der Waals surface area contributed by atoms with Crippen LogP contribution in [0.2, 0.25) is 0 Å². The largest absolute Gasteiger partial charge is 0.370 e. The van der Waals surface area contributed by atoms with Gasteiger partial charge in [0.15, 0.2) is 11.9 Å². The third kappa shape index (κ3) is 4.26. The summed E-state index contributed by atoms with van der Waals surface area (Å²) >= 11 is 0. The lowest BCUT2D eigenvalue weighted by molar-refractivity contribution is 0.0999. The van der Waals surface area contributed by atoms with E-state index in [9.17, 15) is 4.79 Å². The molecule has 9 N–H and O–H groups in total. The van der Waals surface area contributed by atoms with Gasteiger partial charge in [0.1, 0.15) is 5.69 Å². The molecule has 0 bridgehead atoms. The van der Waals surface area contributed by atoms with Gasteiger partial charge in [0.2, 0.25) is 0 Å². The van der Waals surface area contributed by atoms with E-state index in [1.54, 1.807) is 18.2 Å². The van der Waals surface area contributed by atoms with Gasteiger partial charge in [0.05, 0.1) is 11.2 Å². The van der Waals surface area contributed by atoms with E-state index in [1.807, 2.05) is 6.07 Å². The van der Waals surface area contributed by atoms with Crippen molar-refractivity contribution in [1.29, 1.82) is 0 Å². The fourth-order valence-electron chi connectivity index (χ4n) is 1.67. The molecule has 0 aliphatic heterocycles. The highest BCUT2D eigenvalue weighted by Crippen LogP contribution is 2.26. The lowest BCUT2D eigenvalue weighted by Crippen LogP contribution is -2.24. The zero-order valence-electron chi connectivity index (χ0n) is 10.7. The Labute approximate surface area is 132 Å². The van der Waals surface area contributed by atoms with Gasteiger partial charge in [-0.05, 0) is 12.1 Å². The van der Waals surface area contributed by atoms with Crippen LogP contribution in [0.15, 0.2) is 34.3 Å². The molecule has 0 aliphatic carbocycles. The Kier molecular flexibility index (Phi) is 6.50. The van der Waals surface area contributed by atoms with Gasteiger partial charge in [-0.25, -0.2) is 4.99 Å². The number of hydrogen-bond acceptors (Lipinski definition) is 2. The maximum atomic E-state index is 11.7. The second-order valence-corrected chi connectivity index (χ2v) is 3.80. The number of carbonyl (C=O) groups is 1. The predicted octanol–water partition coefficient (Wildman–Crippen LogP) is 0.330. The molecule has 10 heteroatoms. The maximum Gasteiger partial charge on any atom is 0.296 e. The summed E-state index contributed by atoms with van der Waals surface area (Å²) in [5.74, 6) is -0.931. The molecule has 2 rings (SSSR count). The minimum absolute atomic E-state index is 0. The molecule has 1 aromatic heterocycles. The first-order valence-corrected chi connectivity index (χ1v) is 5.32. The smallest absolute Gasteiger partial charge is 0.296 e. The molecule has 0 saturated carbocycles. The van der Waals surface area contributed by atoms with Gasteiger partial charge in [-0.15, -0.1) is 24.8 Å². The van der Waals surface area contributed by atoms with E-state index >= 15 is 0 Å². The first-order chi connectivity index (χ1) is 8.97. The molecule has 114 valence electrons. The number of aromatic amines is 1. The van der Waals surface area contributed by atoms with Crippen molar-refractivity contribution in [2.24, 2.45) is 32.9 Å². The molecule has 0 radical (unpaired) electrons. The molecule has 1 amide bonds. The molecule has 1 aromatic carbocycles. The normalized spacial score (nSPS) is 9.14. The molecule has 1 heterocycles. The quantitative estimate of drug-likeness (QED) is 0.395. The number of amides is 1. The van der Waals surface area contributed by atoms with Crippen LogP contribution in [0.5, 0.6) is 0 Å². The molecule has 0 saturated heterocycles. The van der Waals surface area contributed by atoms with Crippen molar-refractivity contribution in [3.63, 3.8) is 0 Å². The van der Waals surface area contributed by atoms with Crippen LogP contribution in [0.25, 0.3) is 10.9 Å². The summed E-state index contributed by atoms with van der Waals surface area (Å²) < 4.78 is 0. The molecule has 21 heavy (non-hydrogen) atoms. The number of benzene rings is 1. The molecule has 8 nitrogen and oxygen atoms in total. The van der Waals surface area contributed by atoms with Crippen molar-refractivity contribution in [2.75, 3.05) is 0 Å². The predicted molar refractivity (Wildman–Crippen MR) is 88.4 cm³/mol. The average molecular weight is 332 g/mol. The zero-order valence-corrected chi connectivity index (χ0v) is 12.4. The number of aromatic nitrogens is 1. The van der Waals surface area contributed by atoms with Crippen LogP contribution in [0.3, 0.4) is 0 Å². The summed E-state index contributed by atoms with van der Waals surface area (Å²) in [7, 11) is 0. The molecule has 0 atom stereocenters. The van der Waals surface area contributed by atoms with Gasteiger partial charge in [0, 0.05) is 5.39 Å². The van der Waals surface area contributed by atoms with Crippen LogP contribution in [-0.4, -0.2) is 22.8 Å². The number of carbonyl (C=O) groups excluding carboxylic acids is 1. The lowest BCUT2D eigenvalue weighted by atomic mass is 10.2. The number of nitrogens with zero attached hydrogens (tertiary/aromatic N) is 2. The Balaban J connectivity index is 0.00000200. The number of aliphatic imine (C=N–C) groups is 2. The van der Waals surface area contributed by atoms with Crippen molar-refractivity contribution in [3.8, 4) is 0 Å². The standard InChI is InChI=1S/C11H13N7O.2ClH/c12-10(13)17-6-3-1-2-5-4-7(16-8(5)6)9(19)18-11(14)15;;/h1-4,16H,(H4,12,13,17)(H4,14,15,18,19);2*1H. The van der Waals surface area contributed by atoms with E-state index in [2.05, 4.69) is 15.0 Å². The minimum Gasteiger partial charge on any atom is -0.370 e. The fraction of sp³-hybridized carbons (Fsp3) is 0. The Morgan fingerprint density at radius 3 is 2.29 bits per heavy atom. The number of nitrogens with two attached hydrogens (primary N) is 4. The van der Waals surface area contributed by atoms with Crippen LogP contribution in [0, 0.1) is 0 Å². The fourth-order valence-corrected chi connectivity index (χ4v) is 1.67. The third-order valence-corrected chi connectivity index (χ3v) is 2.34. The second kappa shape index (κ2) is 7.36. The third-order valence-electron chi connectivity index (χ3n) is 2.34. The monoisotopic (exact) mass is 331 g/mol. The average Bonchev–Trinajstić information content (AvgIpc) is 2.72. The van der Waals surface area contributed by atoms with E-state index in [1.165, 1.54) is 0 Å². The lowest BCUT2D eigenvalue weighted by Gasteiger charge is -1.97. The minimum atomic E-state index is -0.563. The molecule has 0 aliphatic rings. The van der Waals surface area contributed by atoms with Crippen LogP contribution in [0.1, 0.15) is 10.5 Å². The number of guanidine groups is 2. The summed E-state index contributed by atoms with van der Waals surface area (Å²) in [5, 5.41) is 0.775. The SMILES string of the molecule is Cl.Cl.NC(N)=NC(=O)c1cc2cccc(N=C(N)N)c2[nH]1. The van der Waals surface area contributed by atoms with Gasteiger partial charge in [-0.1, -0.05) is 12.1 Å². The summed E-state index contributed by atoms with van der Waals surface area (Å²) in [6.45, 7) is 0. The molecular formula is C11H15Cl2N7O. The summed E-state index contributed by atoms with van der Waals surface area (Å²) in [5.41, 5.74) is 22.4. The van der Waals surface area contributed by atoms with Gasteiger partial charge in [-0.2, -0.15) is 4.99 Å². The zero-order chi connectivity index (χ0) is 14.0. The summed E-state index contributed by atoms with van der Waals surface area (Å²) in [6, 6.07) is 6.92. The number of nitrogens with one attached hydrogen (secondary N) is 1. The molecule has 0 fully saturated rings. The summed E-state index contributed by atoms with van der Waals surface area (Å²) in [6.07, 6.45) is 0. The van der Waals surface area contributed by atoms with Crippen molar-refractivity contribution in [3.05, 3.63) is 30.0 Å². The van der Waals surface area contributed by atoms with Crippen LogP contribution in [-0.2, 0) is 0 Å². The Morgan fingerprint density at radius 1 is 1.05 bits per heavy atom. The molecule has 2 aromatic rings. The highest BCUT2D eigenvalue weighted by Gasteiger charge is 2.11. The van der Waals surface area contributed by atoms with Gasteiger partial charge < -0.3 is 27.9 Å². The van der Waals surface area contributed by atoms with E-state index in [4.69, 9.17) is 22.9 Å². The van der Waals surface area contributed by atoms with E-state index in [-0.39, 0.29) is 42.4 Å². The number of para-hydroxylation sites is 1. The van der Waals surface area contributed by atoms with Crippen LogP contribution >= 0.6 is 24.8 Å². The summed E-state index contributed by atoms with van der Waals surface area (Å²) in [4.78, 5) is 22.0. The Bertz CT molecular complexity index is 700. The van der Waals surface area contributed by atoms with Gasteiger partial charge >= 0.3 is 0 Å². The number of halogens is 2. The van der Waals surface area contributed by atoms with Crippen molar-refractivity contribution in [1.82, 2.24) is 4.98 Å². The number of fused-ring (bicyclic) bond motifs is 1. The van der Waals surface area contributed by atoms with Crippen molar-refractivity contribution < 1.29 is 4.79 Å². The van der Waals surface area contributed by atoms with E-state index in [0.717, 1.165) is 5.39 Å². The van der Waals surface area contributed by atoms with E-state index < -0.39 is 5.91 Å². The Morgan fingerprint density at radius 2 is 1.71 bits per heavy atom. The first-order valence-electron chi connectivity index (χ1n) is 5.32. The number of rotatable bonds is 2. The second-order valence-electron chi connectivity index (χ2n) is 3.80. The first kappa shape index (κ1) is 18.6. The molecule has 0 spiro atoms. The van der Waals surface area contributed by atoms with Gasteiger partial charge in [-0.3, -0.25) is 4.79 Å². The van der Waals surface area contributed by atoms with Crippen LogP contribution < -0.4 is 22.9 Å². The molecular weight excluding hydrogens is 317 g/mol. The highest BCUT2D eigenvalue weighted by molar-refractivity contribution is 6.05. The van der Waals surface area contributed by atoms with Crippen LogP contribution in [0.4, 0.5) is 5.69 Å². The molecule has 0 unspecified atom stereocenters. The maximum absolute atomic E-state index is 11.7. The highest BCUT2D eigenvalue weighted by atomic mass is 35.5. The topological polar surface area (TPSA) is 162 Å². The number of H-pyrrole nitrogens is 1. The van der Waals surface area contributed by atoms with E-state index in [0.29, 0.717) is 11.2 Å². The number of hydrogen-bond donors (Lipinski definition) is 5. The van der Waals surface area contributed by atoms with Gasteiger partial charge in [0.25, 0.3) is 5.91 Å². The van der Waals surface area contributed by atoms with Crippen molar-refractivity contribution >= 4 is 59.2 Å². The van der Waals surface area contributed by atoms with Crippen molar-refractivity contribution in [2.45, 2.75) is 0 Å². The Hall–Kier alpha value is -2.45.